The van der Waals surface area contributed by atoms with Crippen LogP contribution in [-0.4, -0.2) is 45.8 Å². The van der Waals surface area contributed by atoms with Gasteiger partial charge in [-0.1, -0.05) is 18.2 Å². The molecule has 0 aromatic heterocycles. The predicted molar refractivity (Wildman–Crippen MR) is 103 cm³/mol. The Morgan fingerprint density at radius 3 is 2.46 bits per heavy atom. The van der Waals surface area contributed by atoms with Gasteiger partial charge >= 0.3 is 6.18 Å². The fraction of sp³-hybridized carbons (Fsp3) is 0.350. The molecule has 1 fully saturated rings. The number of morpholine rings is 1. The maximum Gasteiger partial charge on any atom is 0.416 e. The van der Waals surface area contributed by atoms with Crippen LogP contribution in [0, 0.1) is 0 Å². The Morgan fingerprint density at radius 1 is 1.14 bits per heavy atom. The maximum atomic E-state index is 13.2. The minimum absolute atomic E-state index is 0.0167. The van der Waals surface area contributed by atoms with E-state index in [9.17, 15) is 18.0 Å². The van der Waals surface area contributed by atoms with Crippen LogP contribution < -0.4 is 15.1 Å². The molecule has 0 aliphatic carbocycles. The molecule has 1 aliphatic heterocycles. The van der Waals surface area contributed by atoms with E-state index < -0.39 is 11.7 Å². The number of hydrogen-bond donors (Lipinski definition) is 1. The van der Waals surface area contributed by atoms with E-state index in [1.54, 1.807) is 11.9 Å². The van der Waals surface area contributed by atoms with E-state index in [2.05, 4.69) is 5.32 Å². The van der Waals surface area contributed by atoms with Crippen molar-refractivity contribution < 1.29 is 22.7 Å². The first-order valence-corrected chi connectivity index (χ1v) is 8.94. The van der Waals surface area contributed by atoms with Crippen LogP contribution in [0.4, 0.5) is 30.2 Å². The van der Waals surface area contributed by atoms with Gasteiger partial charge in [-0.3, -0.25) is 4.79 Å². The lowest BCUT2D eigenvalue weighted by atomic mass is 10.1. The number of alkyl halides is 3. The molecule has 1 amide bonds. The molecule has 3 rings (SSSR count). The Hall–Kier alpha value is -2.74. The molecule has 2 aromatic carbocycles. The zero-order valence-electron chi connectivity index (χ0n) is 15.5. The second-order valence-electron chi connectivity index (χ2n) is 6.57. The Labute approximate surface area is 161 Å². The van der Waals surface area contributed by atoms with Crippen molar-refractivity contribution in [3.8, 4) is 0 Å². The van der Waals surface area contributed by atoms with E-state index in [0.29, 0.717) is 32.0 Å². The zero-order valence-corrected chi connectivity index (χ0v) is 15.5. The number of rotatable bonds is 5. The number of nitrogens with one attached hydrogen (secondary N) is 1. The number of para-hydroxylation sites is 1. The lowest BCUT2D eigenvalue weighted by Gasteiger charge is -2.31. The van der Waals surface area contributed by atoms with Gasteiger partial charge in [-0.05, 0) is 30.3 Å². The van der Waals surface area contributed by atoms with Gasteiger partial charge in [0.2, 0.25) is 5.91 Å². The largest absolute Gasteiger partial charge is 0.416 e. The summed E-state index contributed by atoms with van der Waals surface area (Å²) in [6.45, 7) is 2.11. The fourth-order valence-corrected chi connectivity index (χ4v) is 3.07. The SMILES string of the molecule is CN(CC(=O)Nc1cc(C(F)(F)F)ccc1N1CCOCC1)c1ccccc1. The monoisotopic (exact) mass is 393 g/mol. The van der Waals surface area contributed by atoms with Crippen molar-refractivity contribution in [1.82, 2.24) is 0 Å². The van der Waals surface area contributed by atoms with Gasteiger partial charge in [0.25, 0.3) is 0 Å². The molecule has 0 saturated carbocycles. The molecule has 8 heteroatoms. The van der Waals surface area contributed by atoms with Crippen LogP contribution >= 0.6 is 0 Å². The molecule has 0 spiro atoms. The molecule has 2 aromatic rings. The van der Waals surface area contributed by atoms with Crippen LogP contribution in [0.25, 0.3) is 0 Å². The van der Waals surface area contributed by atoms with Crippen molar-refractivity contribution in [3.63, 3.8) is 0 Å². The molecule has 5 nitrogen and oxygen atoms in total. The molecule has 0 unspecified atom stereocenters. The van der Waals surface area contributed by atoms with Gasteiger partial charge in [0.1, 0.15) is 0 Å². The molecule has 0 atom stereocenters. The van der Waals surface area contributed by atoms with Gasteiger partial charge in [-0.2, -0.15) is 13.2 Å². The number of carbonyl (C=O) groups is 1. The van der Waals surface area contributed by atoms with Crippen molar-refractivity contribution in [1.29, 1.82) is 0 Å². The summed E-state index contributed by atoms with van der Waals surface area (Å²) in [6, 6.07) is 12.7. The molecular formula is C20H22F3N3O2. The Morgan fingerprint density at radius 2 is 1.82 bits per heavy atom. The lowest BCUT2D eigenvalue weighted by molar-refractivity contribution is -0.137. The lowest BCUT2D eigenvalue weighted by Crippen LogP contribution is -2.37. The van der Waals surface area contributed by atoms with Crippen LogP contribution in [0.2, 0.25) is 0 Å². The normalized spacial score (nSPS) is 14.6. The topological polar surface area (TPSA) is 44.8 Å². The molecular weight excluding hydrogens is 371 g/mol. The number of hydrogen-bond acceptors (Lipinski definition) is 4. The van der Waals surface area contributed by atoms with E-state index in [0.717, 1.165) is 17.8 Å². The Kier molecular flexibility index (Phi) is 6.08. The summed E-state index contributed by atoms with van der Waals surface area (Å²) < 4.78 is 44.8. The molecule has 150 valence electrons. The summed E-state index contributed by atoms with van der Waals surface area (Å²) in [7, 11) is 1.75. The summed E-state index contributed by atoms with van der Waals surface area (Å²) in [5.41, 5.74) is 0.765. The number of carbonyl (C=O) groups excluding carboxylic acids is 1. The second kappa shape index (κ2) is 8.52. The van der Waals surface area contributed by atoms with Crippen molar-refractivity contribution in [2.75, 3.05) is 55.0 Å². The summed E-state index contributed by atoms with van der Waals surface area (Å²) in [6.07, 6.45) is -4.48. The third kappa shape index (κ3) is 4.95. The number of ether oxygens (including phenoxy) is 1. The van der Waals surface area contributed by atoms with Crippen molar-refractivity contribution >= 4 is 23.0 Å². The third-order valence-electron chi connectivity index (χ3n) is 4.53. The van der Waals surface area contributed by atoms with Crippen molar-refractivity contribution in [2.24, 2.45) is 0 Å². The number of benzene rings is 2. The zero-order chi connectivity index (χ0) is 20.1. The van der Waals surface area contributed by atoms with Crippen LogP contribution in [-0.2, 0) is 15.7 Å². The summed E-state index contributed by atoms with van der Waals surface area (Å²) in [4.78, 5) is 16.2. The number of amides is 1. The molecule has 28 heavy (non-hydrogen) atoms. The van der Waals surface area contributed by atoms with Gasteiger partial charge in [-0.25, -0.2) is 0 Å². The van der Waals surface area contributed by atoms with E-state index >= 15 is 0 Å². The minimum Gasteiger partial charge on any atom is -0.378 e. The van der Waals surface area contributed by atoms with E-state index in [1.807, 2.05) is 35.2 Å². The van der Waals surface area contributed by atoms with Crippen LogP contribution in [0.1, 0.15) is 5.56 Å². The van der Waals surface area contributed by atoms with Gasteiger partial charge in [-0.15, -0.1) is 0 Å². The first-order chi connectivity index (χ1) is 13.3. The van der Waals surface area contributed by atoms with E-state index in [-0.39, 0.29) is 18.1 Å². The van der Waals surface area contributed by atoms with Gasteiger partial charge in [0.05, 0.1) is 36.7 Å². The molecule has 0 radical (unpaired) electrons. The highest BCUT2D eigenvalue weighted by atomic mass is 19.4. The molecule has 1 saturated heterocycles. The molecule has 0 bridgehead atoms. The summed E-state index contributed by atoms with van der Waals surface area (Å²) >= 11 is 0. The highest BCUT2D eigenvalue weighted by Crippen LogP contribution is 2.35. The predicted octanol–water partition coefficient (Wildman–Crippen LogP) is 3.62. The van der Waals surface area contributed by atoms with Crippen LogP contribution in [0.15, 0.2) is 48.5 Å². The van der Waals surface area contributed by atoms with Crippen LogP contribution in [0.3, 0.4) is 0 Å². The van der Waals surface area contributed by atoms with E-state index in [1.165, 1.54) is 6.07 Å². The highest BCUT2D eigenvalue weighted by molar-refractivity contribution is 5.97. The average molecular weight is 393 g/mol. The minimum atomic E-state index is -4.48. The summed E-state index contributed by atoms with van der Waals surface area (Å²) in [5, 5.41) is 2.66. The smallest absolute Gasteiger partial charge is 0.378 e. The van der Waals surface area contributed by atoms with Crippen molar-refractivity contribution in [3.05, 3.63) is 54.1 Å². The fourth-order valence-electron chi connectivity index (χ4n) is 3.07. The van der Waals surface area contributed by atoms with Gasteiger partial charge < -0.3 is 19.9 Å². The molecule has 1 N–H and O–H groups in total. The van der Waals surface area contributed by atoms with E-state index in [4.69, 9.17) is 4.74 Å². The standard InChI is InChI=1S/C20H22F3N3O2/c1-25(16-5-3-2-4-6-16)14-19(27)24-17-13-15(20(21,22)23)7-8-18(17)26-9-11-28-12-10-26/h2-8,13H,9-12,14H2,1H3,(H,24,27). The van der Waals surface area contributed by atoms with Gasteiger partial charge in [0, 0.05) is 25.8 Å². The van der Waals surface area contributed by atoms with Crippen molar-refractivity contribution in [2.45, 2.75) is 6.18 Å². The third-order valence-corrected chi connectivity index (χ3v) is 4.53. The Bertz CT molecular complexity index is 806. The maximum absolute atomic E-state index is 13.2. The number of halogens is 3. The average Bonchev–Trinajstić information content (AvgIpc) is 2.68. The van der Waals surface area contributed by atoms with Gasteiger partial charge in [0.15, 0.2) is 0 Å². The summed E-state index contributed by atoms with van der Waals surface area (Å²) in [5.74, 6) is -0.389. The first-order valence-electron chi connectivity index (χ1n) is 8.94. The number of nitrogens with zero attached hydrogens (tertiary/aromatic N) is 2. The second-order valence-corrected chi connectivity index (χ2v) is 6.57. The Balaban J connectivity index is 1.80. The quantitative estimate of drug-likeness (QED) is 0.843. The number of likely N-dealkylation sites (N-methyl/N-ethyl adjacent to an activating group) is 1. The molecule has 1 aliphatic rings. The highest BCUT2D eigenvalue weighted by Gasteiger charge is 2.32. The van der Waals surface area contributed by atoms with Crippen LogP contribution in [0.5, 0.6) is 0 Å². The first kappa shape index (κ1) is 20.0. The number of anilines is 3. The molecule has 1 heterocycles.